The molecule has 9 heavy (non-hydrogen) atoms. The minimum Gasteiger partial charge on any atom is -0.393 e. The highest BCUT2D eigenvalue weighted by Gasteiger charge is 2.23. The Kier molecular flexibility index (Phi) is 0.846. The third kappa shape index (κ3) is 1.95. The van der Waals surface area contributed by atoms with Gasteiger partial charge in [0.1, 0.15) is 0 Å². The molecule has 2 heteroatoms. The van der Waals surface area contributed by atoms with Gasteiger partial charge in [0.05, 0.1) is 38.7 Å². The van der Waals surface area contributed by atoms with Crippen molar-refractivity contribution in [1.82, 2.24) is 0 Å². The zero-order valence-electron chi connectivity index (χ0n) is 9.89. The van der Waals surface area contributed by atoms with E-state index in [4.69, 9.17) is 5.48 Å². The Morgan fingerprint density at radius 1 is 1.44 bits per heavy atom. The van der Waals surface area contributed by atoms with Crippen LogP contribution in [0, 0.1) is 0 Å². The normalized spacial score (nSPS) is 46.1. The number of hydrogen-bond donors (Lipinski definition) is 1. The second kappa shape index (κ2) is 2.27. The van der Waals surface area contributed by atoms with Gasteiger partial charge in [0.15, 0.2) is 0 Å². The quantitative estimate of drug-likeness (QED) is 0.470. The van der Waals surface area contributed by atoms with Gasteiger partial charge in [0.25, 0.3) is 0 Å². The van der Waals surface area contributed by atoms with Gasteiger partial charge in [-0.3, -0.25) is 0 Å². The van der Waals surface area contributed by atoms with Crippen molar-refractivity contribution < 1.29 is 15.1 Å². The first-order valence-corrected chi connectivity index (χ1v) is 3.12. The molecular weight excluding hydrogens is 114 g/mol. The van der Waals surface area contributed by atoms with E-state index in [1.165, 1.54) is 14.1 Å². The SMILES string of the molecule is [2H]C1([2H])CC(O)CC([2H])([2H])[N+]1(C)C. The van der Waals surface area contributed by atoms with Crippen molar-refractivity contribution in [2.24, 2.45) is 0 Å². The van der Waals surface area contributed by atoms with Gasteiger partial charge in [0.2, 0.25) is 0 Å². The fourth-order valence-electron chi connectivity index (χ4n) is 0.795. The predicted octanol–water partition coefficient (Wildman–Crippen LogP) is 0.218. The minimum absolute atomic E-state index is 0.000486. The summed E-state index contributed by atoms with van der Waals surface area (Å²) >= 11 is 0. The Bertz CT molecular complexity index is 197. The van der Waals surface area contributed by atoms with Crippen molar-refractivity contribution in [2.45, 2.75) is 18.9 Å². The third-order valence-electron chi connectivity index (χ3n) is 1.44. The summed E-state index contributed by atoms with van der Waals surface area (Å²) in [5.74, 6) is 0. The van der Waals surface area contributed by atoms with E-state index in [2.05, 4.69) is 0 Å². The van der Waals surface area contributed by atoms with Crippen LogP contribution in [-0.2, 0) is 0 Å². The van der Waals surface area contributed by atoms with Crippen LogP contribution in [0.1, 0.15) is 18.3 Å². The number of aliphatic hydroxyl groups is 1. The molecule has 2 nitrogen and oxygen atoms in total. The molecule has 0 radical (unpaired) electrons. The van der Waals surface area contributed by atoms with Gasteiger partial charge in [-0.05, 0) is 0 Å². The minimum atomic E-state index is -1.71. The molecule has 1 aliphatic rings. The molecule has 1 heterocycles. The second-order valence-corrected chi connectivity index (χ2v) is 2.83. The lowest BCUT2D eigenvalue weighted by molar-refractivity contribution is -0.896. The summed E-state index contributed by atoms with van der Waals surface area (Å²) < 4.78 is 30.3. The molecule has 1 aliphatic heterocycles. The van der Waals surface area contributed by atoms with Crippen LogP contribution in [-0.4, -0.2) is 42.8 Å². The monoisotopic (exact) mass is 134 g/mol. The largest absolute Gasteiger partial charge is 0.393 e. The Balaban J connectivity index is 3.03. The van der Waals surface area contributed by atoms with Gasteiger partial charge in [-0.1, -0.05) is 0 Å². The molecule has 0 aromatic carbocycles. The van der Waals surface area contributed by atoms with Crippen LogP contribution in [0.3, 0.4) is 0 Å². The van der Waals surface area contributed by atoms with Crippen molar-refractivity contribution in [1.29, 1.82) is 0 Å². The summed E-state index contributed by atoms with van der Waals surface area (Å²) in [4.78, 5) is 0. The molecule has 0 aromatic heterocycles. The highest BCUT2D eigenvalue weighted by molar-refractivity contribution is 4.59. The molecule has 1 saturated heterocycles. The average Bonchev–Trinajstić information content (AvgIpc) is 1.80. The number of likely N-dealkylation sites (tertiary alicyclic amines) is 1. The average molecular weight is 134 g/mol. The zero-order chi connectivity index (χ0) is 10.5. The van der Waals surface area contributed by atoms with Crippen molar-refractivity contribution in [3.8, 4) is 0 Å². The summed E-state index contributed by atoms with van der Waals surface area (Å²) in [5.41, 5.74) is 0. The molecule has 1 N–H and O–H groups in total. The first-order chi connectivity index (χ1) is 5.60. The zero-order valence-corrected chi connectivity index (χ0v) is 5.89. The van der Waals surface area contributed by atoms with Crippen molar-refractivity contribution in [3.05, 3.63) is 0 Å². The first kappa shape index (κ1) is 3.35. The fourth-order valence-corrected chi connectivity index (χ4v) is 0.795. The van der Waals surface area contributed by atoms with E-state index in [1.54, 1.807) is 0 Å². The molecule has 0 aliphatic carbocycles. The van der Waals surface area contributed by atoms with Crippen LogP contribution in [0.15, 0.2) is 0 Å². The summed E-state index contributed by atoms with van der Waals surface area (Å²) in [6.45, 7) is -3.41. The Labute approximate surface area is 62.3 Å². The smallest absolute Gasteiger partial charge is 0.0925 e. The maximum Gasteiger partial charge on any atom is 0.0925 e. The lowest BCUT2D eigenvalue weighted by atomic mass is 10.1. The summed E-state index contributed by atoms with van der Waals surface area (Å²) in [6.07, 6.45) is -0.880. The van der Waals surface area contributed by atoms with E-state index in [0.717, 1.165) is 0 Å². The molecule has 0 amide bonds. The summed E-state index contributed by atoms with van der Waals surface area (Å²) in [6, 6.07) is 0. The van der Waals surface area contributed by atoms with Crippen LogP contribution in [0.25, 0.3) is 0 Å². The van der Waals surface area contributed by atoms with E-state index in [-0.39, 0.29) is 17.3 Å². The fraction of sp³-hybridized carbons (Fsp3) is 1.00. The topological polar surface area (TPSA) is 20.2 Å². The molecule has 0 bridgehead atoms. The molecular formula is C7H16NO+. The summed E-state index contributed by atoms with van der Waals surface area (Å²) in [5, 5.41) is 9.32. The van der Waals surface area contributed by atoms with E-state index in [1.807, 2.05) is 0 Å². The van der Waals surface area contributed by atoms with Crippen molar-refractivity contribution >= 4 is 0 Å². The van der Waals surface area contributed by atoms with Crippen LogP contribution in [0.2, 0.25) is 0 Å². The van der Waals surface area contributed by atoms with Gasteiger partial charge in [0, 0.05) is 12.8 Å². The third-order valence-corrected chi connectivity index (χ3v) is 1.44. The lowest BCUT2D eigenvalue weighted by Crippen LogP contribution is -2.47. The number of aliphatic hydroxyl groups excluding tert-OH is 1. The summed E-state index contributed by atoms with van der Waals surface area (Å²) in [7, 11) is 3.04. The molecule has 1 rings (SSSR count). The maximum absolute atomic E-state index is 9.32. The van der Waals surface area contributed by atoms with E-state index < -0.39 is 19.1 Å². The van der Waals surface area contributed by atoms with Crippen molar-refractivity contribution in [3.63, 3.8) is 0 Å². The van der Waals surface area contributed by atoms with Crippen LogP contribution in [0.5, 0.6) is 0 Å². The second-order valence-electron chi connectivity index (χ2n) is 2.83. The molecule has 0 spiro atoms. The highest BCUT2D eigenvalue weighted by atomic mass is 16.3. The number of quaternary nitrogens is 1. The van der Waals surface area contributed by atoms with Crippen LogP contribution in [0.4, 0.5) is 0 Å². The standard InChI is InChI=1S/C7H16NO/c1-8(2)5-3-7(9)4-6-8/h7,9H,3-6H2,1-2H3/q+1/i5D2,6D2. The lowest BCUT2D eigenvalue weighted by Gasteiger charge is -2.35. The maximum atomic E-state index is 9.32. The van der Waals surface area contributed by atoms with Crippen LogP contribution < -0.4 is 0 Å². The Hall–Kier alpha value is -0.0800. The van der Waals surface area contributed by atoms with E-state index in [9.17, 15) is 5.11 Å². The molecule has 1 fully saturated rings. The van der Waals surface area contributed by atoms with Gasteiger partial charge in [-0.15, -0.1) is 0 Å². The van der Waals surface area contributed by atoms with Gasteiger partial charge >= 0.3 is 0 Å². The molecule has 54 valence electrons. The molecule has 0 atom stereocenters. The van der Waals surface area contributed by atoms with Gasteiger partial charge in [-0.25, -0.2) is 0 Å². The van der Waals surface area contributed by atoms with Gasteiger partial charge < -0.3 is 9.59 Å². The molecule has 0 saturated carbocycles. The number of nitrogens with zero attached hydrogens (tertiary/aromatic N) is 1. The van der Waals surface area contributed by atoms with Crippen molar-refractivity contribution in [2.75, 3.05) is 27.1 Å². The number of piperidine rings is 1. The van der Waals surface area contributed by atoms with Gasteiger partial charge in [-0.2, -0.15) is 0 Å². The number of hydrogen-bond acceptors (Lipinski definition) is 1. The Morgan fingerprint density at radius 2 is 1.89 bits per heavy atom. The highest BCUT2D eigenvalue weighted by Crippen LogP contribution is 2.13. The first-order valence-electron chi connectivity index (χ1n) is 5.12. The van der Waals surface area contributed by atoms with E-state index in [0.29, 0.717) is 0 Å². The molecule has 0 aromatic rings. The molecule has 0 unspecified atom stereocenters. The predicted molar refractivity (Wildman–Crippen MR) is 37.1 cm³/mol. The number of rotatable bonds is 0. The van der Waals surface area contributed by atoms with Crippen LogP contribution >= 0.6 is 0 Å². The van der Waals surface area contributed by atoms with E-state index >= 15 is 0 Å². The Morgan fingerprint density at radius 3 is 2.33 bits per heavy atom.